The largest absolute Gasteiger partial charge is 0.479 e. The maximum Gasteiger partial charge on any atom is 0.408 e. The van der Waals surface area contributed by atoms with Crippen LogP contribution in [-0.4, -0.2) is 33.7 Å². The molecule has 1 atom stereocenters. The van der Waals surface area contributed by atoms with Crippen molar-refractivity contribution < 1.29 is 19.4 Å². The number of amides is 1. The molecule has 1 amide bonds. The predicted molar refractivity (Wildman–Crippen MR) is 97.2 cm³/mol. The fourth-order valence-electron chi connectivity index (χ4n) is 3.45. The summed E-state index contributed by atoms with van der Waals surface area (Å²) in [5.41, 5.74) is 4.71. The van der Waals surface area contributed by atoms with Gasteiger partial charge in [-0.05, 0) is 22.3 Å². The second-order valence-electron chi connectivity index (χ2n) is 6.25. The summed E-state index contributed by atoms with van der Waals surface area (Å²) >= 11 is 0. The van der Waals surface area contributed by atoms with Crippen LogP contribution in [0.4, 0.5) is 4.79 Å². The van der Waals surface area contributed by atoms with E-state index in [-0.39, 0.29) is 18.2 Å². The maximum absolute atomic E-state index is 12.2. The van der Waals surface area contributed by atoms with Crippen LogP contribution in [0.25, 0.3) is 11.1 Å². The lowest BCUT2D eigenvalue weighted by atomic mass is 9.98. The van der Waals surface area contributed by atoms with Gasteiger partial charge in [0.1, 0.15) is 6.61 Å². The normalized spacial score (nSPS) is 13.5. The number of carbonyl (C=O) groups is 2. The number of nitrogens with zero attached hydrogens (tertiary/aromatic N) is 1. The lowest BCUT2D eigenvalue weighted by Crippen LogP contribution is -2.35. The van der Waals surface area contributed by atoms with E-state index in [1.807, 2.05) is 48.5 Å². The molecule has 1 aliphatic carbocycles. The Kier molecular flexibility index (Phi) is 4.33. The van der Waals surface area contributed by atoms with Crippen LogP contribution < -0.4 is 5.32 Å². The molecule has 136 valence electrons. The molecule has 0 bridgehead atoms. The number of benzene rings is 2. The minimum Gasteiger partial charge on any atom is -0.479 e. The van der Waals surface area contributed by atoms with Crippen LogP contribution in [0.5, 0.6) is 0 Å². The van der Waals surface area contributed by atoms with Crippen molar-refractivity contribution >= 4 is 12.1 Å². The fourth-order valence-corrected chi connectivity index (χ4v) is 3.45. The molecule has 0 radical (unpaired) electrons. The SMILES string of the molecule is O=C(N[C@@H](C(=O)O)c1cnc[nH]1)OCC1c2ccccc2-c2ccccc21. The van der Waals surface area contributed by atoms with E-state index in [4.69, 9.17) is 4.74 Å². The van der Waals surface area contributed by atoms with Crippen molar-refractivity contribution in [2.24, 2.45) is 0 Å². The Morgan fingerprint density at radius 1 is 1.11 bits per heavy atom. The summed E-state index contributed by atoms with van der Waals surface area (Å²) in [4.78, 5) is 30.1. The van der Waals surface area contributed by atoms with E-state index in [9.17, 15) is 14.7 Å². The van der Waals surface area contributed by atoms with Crippen molar-refractivity contribution in [3.05, 3.63) is 77.9 Å². The van der Waals surface area contributed by atoms with Crippen LogP contribution in [0.3, 0.4) is 0 Å². The molecule has 2 aromatic carbocycles. The van der Waals surface area contributed by atoms with Crippen LogP contribution >= 0.6 is 0 Å². The number of imidazole rings is 1. The molecule has 0 aliphatic heterocycles. The third-order valence-corrected chi connectivity index (χ3v) is 4.68. The maximum atomic E-state index is 12.2. The topological polar surface area (TPSA) is 104 Å². The van der Waals surface area contributed by atoms with E-state index >= 15 is 0 Å². The number of aliphatic carboxylic acids is 1. The molecular weight excluding hydrogens is 346 g/mol. The van der Waals surface area contributed by atoms with Crippen LogP contribution in [-0.2, 0) is 9.53 Å². The smallest absolute Gasteiger partial charge is 0.408 e. The van der Waals surface area contributed by atoms with Crippen LogP contribution in [0.15, 0.2) is 61.1 Å². The van der Waals surface area contributed by atoms with Gasteiger partial charge < -0.3 is 20.1 Å². The number of ether oxygens (including phenoxy) is 1. The number of carboxylic acid groups (broad SMARTS) is 1. The number of hydrogen-bond acceptors (Lipinski definition) is 4. The molecule has 3 N–H and O–H groups in total. The van der Waals surface area contributed by atoms with Crippen molar-refractivity contribution in [3.8, 4) is 11.1 Å². The average Bonchev–Trinajstić information content (AvgIpc) is 3.31. The summed E-state index contributed by atoms with van der Waals surface area (Å²) in [5.74, 6) is -1.29. The molecule has 1 aliphatic rings. The first-order chi connectivity index (χ1) is 13.1. The number of fused-ring (bicyclic) bond motifs is 3. The minimum absolute atomic E-state index is 0.0846. The first-order valence-corrected chi connectivity index (χ1v) is 8.47. The predicted octanol–water partition coefficient (Wildman–Crippen LogP) is 3.07. The number of rotatable bonds is 5. The van der Waals surface area contributed by atoms with Crippen LogP contribution in [0.2, 0.25) is 0 Å². The number of H-pyrrole nitrogens is 1. The van der Waals surface area contributed by atoms with E-state index in [1.165, 1.54) is 12.5 Å². The second-order valence-corrected chi connectivity index (χ2v) is 6.25. The molecular formula is C20H17N3O4. The Bertz CT molecular complexity index is 939. The van der Waals surface area contributed by atoms with Crippen molar-refractivity contribution in [2.45, 2.75) is 12.0 Å². The van der Waals surface area contributed by atoms with Gasteiger partial charge in [0.25, 0.3) is 0 Å². The highest BCUT2D eigenvalue weighted by molar-refractivity contribution is 5.81. The lowest BCUT2D eigenvalue weighted by molar-refractivity contribution is -0.139. The number of aromatic amines is 1. The first kappa shape index (κ1) is 16.8. The van der Waals surface area contributed by atoms with Gasteiger partial charge in [0.2, 0.25) is 0 Å². The van der Waals surface area contributed by atoms with E-state index < -0.39 is 18.1 Å². The number of alkyl carbamates (subject to hydrolysis) is 1. The first-order valence-electron chi connectivity index (χ1n) is 8.47. The molecule has 27 heavy (non-hydrogen) atoms. The highest BCUT2D eigenvalue weighted by Gasteiger charge is 2.30. The molecule has 0 fully saturated rings. The molecule has 0 unspecified atom stereocenters. The van der Waals surface area contributed by atoms with Crippen molar-refractivity contribution in [2.75, 3.05) is 6.61 Å². The number of carboxylic acids is 1. The Hall–Kier alpha value is -3.61. The number of nitrogens with one attached hydrogen (secondary N) is 2. The second kappa shape index (κ2) is 6.95. The number of aromatic nitrogens is 2. The van der Waals surface area contributed by atoms with E-state index in [0.29, 0.717) is 0 Å². The monoisotopic (exact) mass is 363 g/mol. The molecule has 0 saturated carbocycles. The van der Waals surface area contributed by atoms with Crippen LogP contribution in [0, 0.1) is 0 Å². The molecule has 7 nitrogen and oxygen atoms in total. The van der Waals surface area contributed by atoms with Crippen molar-refractivity contribution in [3.63, 3.8) is 0 Å². The number of carbonyl (C=O) groups excluding carboxylic acids is 1. The standard InChI is InChI=1S/C20H17N3O4/c24-19(25)18(17-9-21-11-22-17)23-20(26)27-10-16-14-7-3-1-5-12(14)13-6-2-4-8-15(13)16/h1-9,11,16,18H,10H2,(H,21,22)(H,23,26)(H,24,25)/t18-/m1/s1. The zero-order valence-corrected chi connectivity index (χ0v) is 14.3. The Balaban J connectivity index is 1.49. The number of hydrogen-bond donors (Lipinski definition) is 3. The summed E-state index contributed by atoms with van der Waals surface area (Å²) in [7, 11) is 0. The zero-order valence-electron chi connectivity index (χ0n) is 14.3. The highest BCUT2D eigenvalue weighted by atomic mass is 16.5. The summed E-state index contributed by atoms with van der Waals surface area (Å²) in [6.07, 6.45) is 1.91. The summed E-state index contributed by atoms with van der Waals surface area (Å²) in [5, 5.41) is 11.7. The van der Waals surface area contributed by atoms with Crippen LogP contribution in [0.1, 0.15) is 28.8 Å². The quantitative estimate of drug-likeness (QED) is 0.646. The molecule has 7 heteroatoms. The van der Waals surface area contributed by atoms with Gasteiger partial charge in [0.15, 0.2) is 6.04 Å². The van der Waals surface area contributed by atoms with E-state index in [0.717, 1.165) is 22.3 Å². The van der Waals surface area contributed by atoms with Gasteiger partial charge in [0, 0.05) is 5.92 Å². The molecule has 3 aromatic rings. The van der Waals surface area contributed by atoms with Gasteiger partial charge in [-0.1, -0.05) is 48.5 Å². The molecule has 0 spiro atoms. The molecule has 1 aromatic heterocycles. The van der Waals surface area contributed by atoms with Gasteiger partial charge in [-0.15, -0.1) is 0 Å². The summed E-state index contributed by atoms with van der Waals surface area (Å²) in [6, 6.07) is 14.8. The average molecular weight is 363 g/mol. The highest BCUT2D eigenvalue weighted by Crippen LogP contribution is 2.44. The van der Waals surface area contributed by atoms with Gasteiger partial charge in [-0.25, -0.2) is 14.6 Å². The van der Waals surface area contributed by atoms with Crippen molar-refractivity contribution in [1.29, 1.82) is 0 Å². The van der Waals surface area contributed by atoms with E-state index in [1.54, 1.807) is 0 Å². The Morgan fingerprint density at radius 2 is 1.74 bits per heavy atom. The third-order valence-electron chi connectivity index (χ3n) is 4.68. The third kappa shape index (κ3) is 3.15. The molecule has 1 heterocycles. The lowest BCUT2D eigenvalue weighted by Gasteiger charge is -2.16. The van der Waals surface area contributed by atoms with E-state index in [2.05, 4.69) is 15.3 Å². The minimum atomic E-state index is -1.25. The van der Waals surface area contributed by atoms with Gasteiger partial charge in [0.05, 0.1) is 18.2 Å². The fraction of sp³-hybridized carbons (Fsp3) is 0.150. The molecule has 4 rings (SSSR count). The van der Waals surface area contributed by atoms with Gasteiger partial charge in [-0.2, -0.15) is 0 Å². The summed E-state index contributed by atoms with van der Waals surface area (Å²) < 4.78 is 5.37. The Labute approximate surface area is 155 Å². The summed E-state index contributed by atoms with van der Waals surface area (Å²) in [6.45, 7) is 0.120. The zero-order chi connectivity index (χ0) is 18.8. The van der Waals surface area contributed by atoms with Gasteiger partial charge in [-0.3, -0.25) is 0 Å². The Morgan fingerprint density at radius 3 is 2.30 bits per heavy atom. The van der Waals surface area contributed by atoms with Gasteiger partial charge >= 0.3 is 12.1 Å². The van der Waals surface area contributed by atoms with Crippen molar-refractivity contribution in [1.82, 2.24) is 15.3 Å². The molecule has 0 saturated heterocycles.